The van der Waals surface area contributed by atoms with Crippen LogP contribution in [0.3, 0.4) is 0 Å². The fourth-order valence-electron chi connectivity index (χ4n) is 2.95. The van der Waals surface area contributed by atoms with Gasteiger partial charge in [0.1, 0.15) is 5.75 Å². The number of carbonyl (C=O) groups excluding carboxylic acids is 2. The van der Waals surface area contributed by atoms with E-state index >= 15 is 0 Å². The predicted octanol–water partition coefficient (Wildman–Crippen LogP) is 2.42. The molecule has 1 aliphatic heterocycles. The van der Waals surface area contributed by atoms with Crippen molar-refractivity contribution >= 4 is 33.3 Å². The van der Waals surface area contributed by atoms with Crippen LogP contribution in [0.4, 0.5) is 11.4 Å². The van der Waals surface area contributed by atoms with Gasteiger partial charge in [0.25, 0.3) is 5.91 Å². The Kier molecular flexibility index (Phi) is 6.07. The van der Waals surface area contributed by atoms with E-state index in [1.165, 1.54) is 11.2 Å². The molecule has 1 N–H and O–H groups in total. The third kappa shape index (κ3) is 4.34. The number of sulfonamides is 1. The van der Waals surface area contributed by atoms with Gasteiger partial charge in [-0.3, -0.25) is 9.10 Å². The van der Waals surface area contributed by atoms with Crippen molar-refractivity contribution in [2.45, 2.75) is 20.0 Å². The van der Waals surface area contributed by atoms with Gasteiger partial charge >= 0.3 is 5.97 Å². The van der Waals surface area contributed by atoms with Crippen LogP contribution in [0.1, 0.15) is 24.2 Å². The number of nitrogens with one attached hydrogen (secondary N) is 1. The van der Waals surface area contributed by atoms with Crippen LogP contribution in [0.5, 0.6) is 5.75 Å². The molecule has 29 heavy (non-hydrogen) atoms. The van der Waals surface area contributed by atoms with Gasteiger partial charge in [-0.2, -0.15) is 0 Å². The van der Waals surface area contributed by atoms with Gasteiger partial charge in [-0.25, -0.2) is 13.2 Å². The van der Waals surface area contributed by atoms with Crippen molar-refractivity contribution in [3.63, 3.8) is 0 Å². The Balaban J connectivity index is 1.87. The molecule has 0 saturated heterocycles. The first-order valence-electron chi connectivity index (χ1n) is 9.20. The molecular weight excluding hydrogens is 396 g/mol. The second kappa shape index (κ2) is 8.52. The topological polar surface area (TPSA) is 102 Å². The Morgan fingerprint density at radius 2 is 1.83 bits per heavy atom. The highest BCUT2D eigenvalue weighted by Gasteiger charge is 2.36. The highest BCUT2D eigenvalue weighted by Crippen LogP contribution is 2.35. The molecule has 1 heterocycles. The summed E-state index contributed by atoms with van der Waals surface area (Å²) in [6.07, 6.45) is -1.08. The van der Waals surface area contributed by atoms with Crippen LogP contribution in [-0.2, 0) is 19.6 Å². The van der Waals surface area contributed by atoms with Crippen molar-refractivity contribution in [1.82, 2.24) is 0 Å². The van der Waals surface area contributed by atoms with Gasteiger partial charge in [0.15, 0.2) is 6.10 Å². The molecule has 9 heteroatoms. The first-order valence-corrected chi connectivity index (χ1v) is 10.8. The van der Waals surface area contributed by atoms with Crippen LogP contribution in [0.25, 0.3) is 0 Å². The van der Waals surface area contributed by atoms with Crippen LogP contribution in [-0.4, -0.2) is 45.3 Å². The number of carbonyl (C=O) groups is 2. The van der Waals surface area contributed by atoms with E-state index in [9.17, 15) is 18.0 Å². The van der Waals surface area contributed by atoms with Crippen molar-refractivity contribution in [1.29, 1.82) is 0 Å². The summed E-state index contributed by atoms with van der Waals surface area (Å²) in [7, 11) is -3.60. The Labute approximate surface area is 169 Å². The van der Waals surface area contributed by atoms with Crippen molar-refractivity contribution in [2.24, 2.45) is 0 Å². The molecule has 154 valence electrons. The summed E-state index contributed by atoms with van der Waals surface area (Å²) in [6.45, 7) is 3.27. The van der Waals surface area contributed by atoms with E-state index < -0.39 is 28.0 Å². The molecule has 1 aliphatic rings. The predicted molar refractivity (Wildman–Crippen MR) is 109 cm³/mol. The maximum atomic E-state index is 12.9. The zero-order chi connectivity index (χ0) is 21.0. The Bertz CT molecular complexity index is 1020. The van der Waals surface area contributed by atoms with E-state index in [0.29, 0.717) is 11.4 Å². The number of fused-ring (bicyclic) bond motifs is 1. The molecule has 3 rings (SSSR count). The standard InChI is InChI=1S/C20H22N2O6S/c1-3-27-20(24)14-9-5-6-10-15(14)21-19(23)18-13-22(29(25,26)4-2)16-11-7-8-12-17(16)28-18/h5-12,18H,3-4,13H2,1-2H3,(H,21,23)/t18-/m1/s1. The average molecular weight is 418 g/mol. The third-order valence-electron chi connectivity index (χ3n) is 4.41. The summed E-state index contributed by atoms with van der Waals surface area (Å²) in [5, 5.41) is 2.65. The summed E-state index contributed by atoms with van der Waals surface area (Å²) < 4.78 is 37.0. The van der Waals surface area contributed by atoms with Crippen LogP contribution in [0.15, 0.2) is 48.5 Å². The van der Waals surface area contributed by atoms with Crippen molar-refractivity contribution in [3.05, 3.63) is 54.1 Å². The monoisotopic (exact) mass is 418 g/mol. The Morgan fingerprint density at radius 3 is 2.55 bits per heavy atom. The SMILES string of the molecule is CCOC(=O)c1ccccc1NC(=O)[C@H]1CN(S(=O)(=O)CC)c2ccccc2O1. The number of hydrogen-bond acceptors (Lipinski definition) is 6. The maximum absolute atomic E-state index is 12.9. The number of benzene rings is 2. The van der Waals surface area contributed by atoms with Crippen LogP contribution >= 0.6 is 0 Å². The first kappa shape index (κ1) is 20.7. The summed E-state index contributed by atoms with van der Waals surface area (Å²) in [5.74, 6) is -0.933. The Morgan fingerprint density at radius 1 is 1.14 bits per heavy atom. The average Bonchev–Trinajstić information content (AvgIpc) is 2.73. The quantitative estimate of drug-likeness (QED) is 0.723. The van der Waals surface area contributed by atoms with E-state index in [1.807, 2.05) is 0 Å². The zero-order valence-electron chi connectivity index (χ0n) is 16.1. The molecule has 0 radical (unpaired) electrons. The van der Waals surface area contributed by atoms with Gasteiger partial charge in [0.2, 0.25) is 10.0 Å². The number of rotatable bonds is 6. The van der Waals surface area contributed by atoms with E-state index in [0.717, 1.165) is 0 Å². The van der Waals surface area contributed by atoms with E-state index in [4.69, 9.17) is 9.47 Å². The largest absolute Gasteiger partial charge is 0.476 e. The molecular formula is C20H22N2O6S. The molecule has 2 aromatic rings. The van der Waals surface area contributed by atoms with Gasteiger partial charge in [-0.1, -0.05) is 24.3 Å². The van der Waals surface area contributed by atoms with Gasteiger partial charge < -0.3 is 14.8 Å². The van der Waals surface area contributed by atoms with E-state index in [2.05, 4.69) is 5.32 Å². The summed E-state index contributed by atoms with van der Waals surface area (Å²) in [6, 6.07) is 13.1. The number of para-hydroxylation sites is 3. The normalized spacial score (nSPS) is 15.8. The van der Waals surface area contributed by atoms with E-state index in [1.54, 1.807) is 55.5 Å². The fourth-order valence-corrected chi connectivity index (χ4v) is 4.07. The molecule has 0 unspecified atom stereocenters. The van der Waals surface area contributed by atoms with E-state index in [-0.39, 0.29) is 30.2 Å². The maximum Gasteiger partial charge on any atom is 0.340 e. The highest BCUT2D eigenvalue weighted by atomic mass is 32.2. The van der Waals surface area contributed by atoms with Gasteiger partial charge in [-0.05, 0) is 38.1 Å². The molecule has 0 fully saturated rings. The minimum Gasteiger partial charge on any atom is -0.476 e. The smallest absolute Gasteiger partial charge is 0.340 e. The molecule has 0 saturated carbocycles. The fraction of sp³-hybridized carbons (Fsp3) is 0.300. The third-order valence-corrected chi connectivity index (χ3v) is 6.16. The number of anilines is 2. The van der Waals surface area contributed by atoms with Gasteiger partial charge in [0.05, 0.1) is 35.8 Å². The summed E-state index contributed by atoms with van der Waals surface area (Å²) in [4.78, 5) is 25.0. The molecule has 2 aromatic carbocycles. The number of amides is 1. The molecule has 1 atom stereocenters. The molecule has 0 aliphatic carbocycles. The lowest BCUT2D eigenvalue weighted by Gasteiger charge is -2.34. The lowest BCUT2D eigenvalue weighted by molar-refractivity contribution is -0.122. The number of esters is 1. The minimum atomic E-state index is -3.60. The molecule has 1 amide bonds. The van der Waals surface area contributed by atoms with Crippen LogP contribution in [0.2, 0.25) is 0 Å². The zero-order valence-corrected chi connectivity index (χ0v) is 16.9. The van der Waals surface area contributed by atoms with Crippen molar-refractivity contribution in [2.75, 3.05) is 28.5 Å². The molecule has 8 nitrogen and oxygen atoms in total. The minimum absolute atomic E-state index is 0.110. The number of ether oxygens (including phenoxy) is 2. The first-order chi connectivity index (χ1) is 13.9. The van der Waals surface area contributed by atoms with Gasteiger partial charge in [0, 0.05) is 0 Å². The number of nitrogens with zero attached hydrogens (tertiary/aromatic N) is 1. The summed E-state index contributed by atoms with van der Waals surface area (Å²) >= 11 is 0. The van der Waals surface area contributed by atoms with Gasteiger partial charge in [-0.15, -0.1) is 0 Å². The lowest BCUT2D eigenvalue weighted by atomic mass is 10.1. The lowest BCUT2D eigenvalue weighted by Crippen LogP contribution is -2.49. The second-order valence-corrected chi connectivity index (χ2v) is 8.44. The van der Waals surface area contributed by atoms with Crippen molar-refractivity contribution < 1.29 is 27.5 Å². The Hall–Kier alpha value is -3.07. The molecule has 0 bridgehead atoms. The van der Waals surface area contributed by atoms with Crippen LogP contribution in [0, 0.1) is 0 Å². The van der Waals surface area contributed by atoms with Crippen LogP contribution < -0.4 is 14.4 Å². The van der Waals surface area contributed by atoms with Crippen molar-refractivity contribution in [3.8, 4) is 5.75 Å². The number of hydrogen-bond donors (Lipinski definition) is 1. The molecule has 0 aromatic heterocycles. The summed E-state index contributed by atoms with van der Waals surface area (Å²) in [5.41, 5.74) is 0.866. The molecule has 0 spiro atoms. The second-order valence-electron chi connectivity index (χ2n) is 6.26. The highest BCUT2D eigenvalue weighted by molar-refractivity contribution is 7.92.